The Balaban J connectivity index is 2.14. The minimum absolute atomic E-state index is 0.0935. The average molecular weight is 356 g/mol. The Morgan fingerprint density at radius 3 is 2.46 bits per heavy atom. The molecule has 0 radical (unpaired) electrons. The number of aromatic nitrogens is 3. The molecule has 1 aromatic heterocycles. The topological polar surface area (TPSA) is 91.3 Å². The zero-order valence-electron chi connectivity index (χ0n) is 14.8. The lowest BCUT2D eigenvalue weighted by Gasteiger charge is -2.27. The molecule has 1 fully saturated rings. The molecule has 0 amide bonds. The molecule has 1 aromatic rings. The van der Waals surface area contributed by atoms with Gasteiger partial charge >= 0.3 is 0 Å². The van der Waals surface area contributed by atoms with Crippen molar-refractivity contribution in [2.24, 2.45) is 0 Å². The molecule has 0 aliphatic carbocycles. The number of sulfonamides is 1. The van der Waals surface area contributed by atoms with Crippen LogP contribution in [0.2, 0.25) is 0 Å². The van der Waals surface area contributed by atoms with Crippen LogP contribution in [0.15, 0.2) is 0 Å². The van der Waals surface area contributed by atoms with Gasteiger partial charge < -0.3 is 9.80 Å². The van der Waals surface area contributed by atoms with E-state index >= 15 is 0 Å². The lowest BCUT2D eigenvalue weighted by atomic mass is 10.1. The summed E-state index contributed by atoms with van der Waals surface area (Å²) in [4.78, 5) is 17.3. The minimum atomic E-state index is -3.29. The van der Waals surface area contributed by atoms with Gasteiger partial charge in [-0.2, -0.15) is 15.0 Å². The Morgan fingerprint density at radius 1 is 1.12 bits per heavy atom. The first-order chi connectivity index (χ1) is 11.4. The van der Waals surface area contributed by atoms with E-state index in [0.717, 1.165) is 32.4 Å². The summed E-state index contributed by atoms with van der Waals surface area (Å²) in [6.07, 6.45) is 4.97. The van der Waals surface area contributed by atoms with Gasteiger partial charge in [-0.3, -0.25) is 0 Å². The Labute approximate surface area is 144 Å². The van der Waals surface area contributed by atoms with Gasteiger partial charge in [-0.1, -0.05) is 13.3 Å². The molecule has 0 spiro atoms. The van der Waals surface area contributed by atoms with Gasteiger partial charge in [0.2, 0.25) is 21.9 Å². The number of hydrogen-bond acceptors (Lipinski definition) is 7. The molecule has 2 rings (SSSR count). The fourth-order valence-electron chi connectivity index (χ4n) is 2.49. The summed E-state index contributed by atoms with van der Waals surface area (Å²) in [6.45, 7) is 3.92. The summed E-state index contributed by atoms with van der Waals surface area (Å²) < 4.78 is 26.5. The lowest BCUT2D eigenvalue weighted by molar-refractivity contribution is 0.563. The van der Waals surface area contributed by atoms with Gasteiger partial charge in [-0.15, -0.1) is 0 Å². The number of nitrogens with zero attached hydrogens (tertiary/aromatic N) is 5. The zero-order chi connectivity index (χ0) is 17.6. The van der Waals surface area contributed by atoms with Crippen LogP contribution >= 0.6 is 0 Å². The summed E-state index contributed by atoms with van der Waals surface area (Å²) in [5.74, 6) is 1.77. The van der Waals surface area contributed by atoms with Gasteiger partial charge in [0.15, 0.2) is 5.82 Å². The minimum Gasteiger partial charge on any atom is -0.347 e. The van der Waals surface area contributed by atoms with E-state index in [4.69, 9.17) is 0 Å². The molecule has 1 aliphatic heterocycles. The number of nitrogens with one attached hydrogen (secondary N) is 1. The van der Waals surface area contributed by atoms with Crippen molar-refractivity contribution in [2.45, 2.75) is 45.6 Å². The van der Waals surface area contributed by atoms with Crippen molar-refractivity contribution in [2.75, 3.05) is 42.7 Å². The van der Waals surface area contributed by atoms with Crippen molar-refractivity contribution in [3.8, 4) is 0 Å². The van der Waals surface area contributed by atoms with Gasteiger partial charge in [0.25, 0.3) is 0 Å². The third-order valence-electron chi connectivity index (χ3n) is 3.91. The number of piperidine rings is 1. The first kappa shape index (κ1) is 18.9. The summed E-state index contributed by atoms with van der Waals surface area (Å²) in [5, 5.41) is 0. The molecule has 8 nitrogen and oxygen atoms in total. The molecule has 2 heterocycles. The molecule has 1 N–H and O–H groups in total. The second-order valence-corrected chi connectivity index (χ2v) is 8.21. The highest BCUT2D eigenvalue weighted by atomic mass is 32.2. The maximum absolute atomic E-state index is 12.0. The Morgan fingerprint density at radius 2 is 1.83 bits per heavy atom. The third kappa shape index (κ3) is 5.55. The van der Waals surface area contributed by atoms with Crippen LogP contribution in [0.25, 0.3) is 0 Å². The predicted molar refractivity (Wildman–Crippen MR) is 95.8 cm³/mol. The van der Waals surface area contributed by atoms with E-state index in [0.29, 0.717) is 24.1 Å². The van der Waals surface area contributed by atoms with Crippen LogP contribution in [0.1, 0.15) is 44.9 Å². The molecular weight excluding hydrogens is 328 g/mol. The second kappa shape index (κ2) is 8.57. The Hall–Kier alpha value is -1.48. The van der Waals surface area contributed by atoms with Crippen LogP contribution in [0, 0.1) is 0 Å². The zero-order valence-corrected chi connectivity index (χ0v) is 15.6. The summed E-state index contributed by atoms with van der Waals surface area (Å²) in [7, 11) is 0.441. The second-order valence-electron chi connectivity index (χ2n) is 6.29. The number of hydrogen-bond donors (Lipinski definition) is 1. The van der Waals surface area contributed by atoms with E-state index in [-0.39, 0.29) is 12.3 Å². The van der Waals surface area contributed by atoms with Crippen molar-refractivity contribution in [1.82, 2.24) is 19.7 Å². The van der Waals surface area contributed by atoms with E-state index < -0.39 is 10.0 Å². The van der Waals surface area contributed by atoms with E-state index in [1.54, 1.807) is 0 Å². The first-order valence-corrected chi connectivity index (χ1v) is 10.2. The van der Waals surface area contributed by atoms with Crippen molar-refractivity contribution in [3.63, 3.8) is 0 Å². The molecule has 0 aromatic carbocycles. The van der Waals surface area contributed by atoms with Crippen LogP contribution in [-0.4, -0.2) is 56.3 Å². The monoisotopic (exact) mass is 356 g/mol. The molecular formula is C15H28N6O2S. The van der Waals surface area contributed by atoms with Crippen LogP contribution in [0.5, 0.6) is 0 Å². The smallest absolute Gasteiger partial charge is 0.230 e. The highest BCUT2D eigenvalue weighted by Gasteiger charge is 2.18. The molecule has 24 heavy (non-hydrogen) atoms. The van der Waals surface area contributed by atoms with Crippen LogP contribution < -0.4 is 14.5 Å². The molecule has 9 heteroatoms. The molecule has 0 unspecified atom stereocenters. The first-order valence-electron chi connectivity index (χ1n) is 8.56. The summed E-state index contributed by atoms with van der Waals surface area (Å²) in [6, 6.07) is 0. The van der Waals surface area contributed by atoms with E-state index in [1.807, 2.05) is 25.9 Å². The highest BCUT2D eigenvalue weighted by Crippen LogP contribution is 2.18. The SMILES string of the molecule is CCCCS(=O)(=O)NCc1nc(N(C)C)nc(N2CCCCC2)n1. The average Bonchev–Trinajstić information content (AvgIpc) is 2.59. The van der Waals surface area contributed by atoms with Crippen molar-refractivity contribution in [1.29, 1.82) is 0 Å². The summed E-state index contributed by atoms with van der Waals surface area (Å²) >= 11 is 0. The molecule has 0 atom stereocenters. The van der Waals surface area contributed by atoms with Crippen LogP contribution in [0.3, 0.4) is 0 Å². The Bertz CT molecular complexity index is 629. The number of unbranched alkanes of at least 4 members (excludes halogenated alkanes) is 1. The maximum atomic E-state index is 12.0. The molecule has 0 bridgehead atoms. The van der Waals surface area contributed by atoms with Crippen LogP contribution in [-0.2, 0) is 16.6 Å². The standard InChI is InChI=1S/C15H28N6O2S/c1-4-5-11-24(22,23)16-12-13-17-14(20(2)3)19-15(18-13)21-9-7-6-8-10-21/h16H,4-12H2,1-3H3. The molecule has 1 aliphatic rings. The van der Waals surface area contributed by atoms with Crippen molar-refractivity contribution < 1.29 is 8.42 Å². The summed E-state index contributed by atoms with van der Waals surface area (Å²) in [5.41, 5.74) is 0. The largest absolute Gasteiger partial charge is 0.347 e. The Kier molecular flexibility index (Phi) is 6.73. The van der Waals surface area contributed by atoms with Crippen molar-refractivity contribution >= 4 is 21.9 Å². The molecule has 136 valence electrons. The maximum Gasteiger partial charge on any atom is 0.230 e. The lowest BCUT2D eigenvalue weighted by Crippen LogP contribution is -2.33. The quantitative estimate of drug-likeness (QED) is 0.747. The molecule has 1 saturated heterocycles. The van der Waals surface area contributed by atoms with Gasteiger partial charge in [-0.05, 0) is 25.7 Å². The van der Waals surface area contributed by atoms with E-state index in [9.17, 15) is 8.42 Å². The van der Waals surface area contributed by atoms with Gasteiger partial charge in [0.05, 0.1) is 12.3 Å². The van der Waals surface area contributed by atoms with Crippen molar-refractivity contribution in [3.05, 3.63) is 5.82 Å². The molecule has 0 saturated carbocycles. The van der Waals surface area contributed by atoms with Gasteiger partial charge in [0, 0.05) is 27.2 Å². The van der Waals surface area contributed by atoms with Gasteiger partial charge in [-0.25, -0.2) is 13.1 Å². The highest BCUT2D eigenvalue weighted by molar-refractivity contribution is 7.89. The number of anilines is 2. The van der Waals surface area contributed by atoms with E-state index in [1.165, 1.54) is 6.42 Å². The normalized spacial score (nSPS) is 15.5. The fourth-order valence-corrected chi connectivity index (χ4v) is 3.65. The fraction of sp³-hybridized carbons (Fsp3) is 0.800. The predicted octanol–water partition coefficient (Wildman–Crippen LogP) is 1.15. The van der Waals surface area contributed by atoms with Gasteiger partial charge in [0.1, 0.15) is 0 Å². The number of rotatable bonds is 8. The van der Waals surface area contributed by atoms with Crippen LogP contribution in [0.4, 0.5) is 11.9 Å². The third-order valence-corrected chi connectivity index (χ3v) is 5.32. The van der Waals surface area contributed by atoms with E-state index in [2.05, 4.69) is 24.6 Å².